The smallest absolute Gasteiger partial charge is 0.255 e. The summed E-state index contributed by atoms with van der Waals surface area (Å²) in [6, 6.07) is 20.9. The van der Waals surface area contributed by atoms with Gasteiger partial charge < -0.3 is 4.74 Å². The summed E-state index contributed by atoms with van der Waals surface area (Å²) in [4.78, 5) is 29.4. The number of rotatable bonds is 4. The molecule has 0 bridgehead atoms. The van der Waals surface area contributed by atoms with E-state index in [0.717, 1.165) is 0 Å². The second-order valence-corrected chi connectivity index (χ2v) is 6.62. The maximum absolute atomic E-state index is 14.6. The average Bonchev–Trinajstić information content (AvgIpc) is 2.76. The minimum atomic E-state index is -0.987. The highest BCUT2D eigenvalue weighted by Crippen LogP contribution is 2.38. The molecule has 0 N–H and O–H groups in total. The summed E-state index contributed by atoms with van der Waals surface area (Å²) >= 11 is 0. The van der Waals surface area contributed by atoms with Crippen LogP contribution in [-0.2, 0) is 9.59 Å². The summed E-state index contributed by atoms with van der Waals surface area (Å²) in [5.41, 5.74) is 1.19. The van der Waals surface area contributed by atoms with E-state index in [0.29, 0.717) is 17.0 Å². The Balaban J connectivity index is 1.85. The van der Waals surface area contributed by atoms with E-state index < -0.39 is 11.9 Å². The van der Waals surface area contributed by atoms with Crippen LogP contribution >= 0.6 is 0 Å². The van der Waals surface area contributed by atoms with Gasteiger partial charge in [0.2, 0.25) is 5.91 Å². The summed E-state index contributed by atoms with van der Waals surface area (Å²) in [5.74, 6) is -0.780. The molecule has 6 heteroatoms. The molecule has 0 radical (unpaired) electrons. The molecule has 29 heavy (non-hydrogen) atoms. The molecule has 5 nitrogen and oxygen atoms in total. The molecule has 1 aliphatic rings. The molecule has 0 aromatic heterocycles. The van der Waals surface area contributed by atoms with E-state index in [9.17, 15) is 14.0 Å². The summed E-state index contributed by atoms with van der Waals surface area (Å²) in [6.45, 7) is -0.211. The maximum Gasteiger partial charge on any atom is 0.255 e. The number of para-hydroxylation sites is 3. The number of carbonyl (C=O) groups is 2. The molecule has 4 rings (SSSR count). The summed E-state index contributed by atoms with van der Waals surface area (Å²) in [5, 5.41) is 0. The van der Waals surface area contributed by atoms with Gasteiger partial charge in [-0.3, -0.25) is 19.4 Å². The fourth-order valence-electron chi connectivity index (χ4n) is 3.60. The molecular weight excluding hydrogens is 371 g/mol. The fraction of sp³-hybridized carbons (Fsp3) is 0.130. The average molecular weight is 390 g/mol. The van der Waals surface area contributed by atoms with Crippen molar-refractivity contribution in [2.45, 2.75) is 6.04 Å². The van der Waals surface area contributed by atoms with Gasteiger partial charge in [0, 0.05) is 0 Å². The Morgan fingerprint density at radius 1 is 0.862 bits per heavy atom. The zero-order chi connectivity index (χ0) is 20.4. The van der Waals surface area contributed by atoms with Crippen molar-refractivity contribution < 1.29 is 18.7 Å². The lowest BCUT2D eigenvalue weighted by atomic mass is 9.99. The van der Waals surface area contributed by atoms with Crippen LogP contribution in [-0.4, -0.2) is 25.5 Å². The molecule has 1 unspecified atom stereocenters. The van der Waals surface area contributed by atoms with E-state index in [1.165, 1.54) is 29.0 Å². The lowest BCUT2D eigenvalue weighted by Gasteiger charge is -2.40. The number of piperazine rings is 1. The molecule has 1 aliphatic heterocycles. The highest BCUT2D eigenvalue weighted by atomic mass is 19.1. The quantitative estimate of drug-likeness (QED) is 0.678. The highest BCUT2D eigenvalue weighted by Gasteiger charge is 2.43. The number of halogens is 1. The normalized spacial score (nSPS) is 16.8. The van der Waals surface area contributed by atoms with Crippen LogP contribution in [0.2, 0.25) is 0 Å². The zero-order valence-corrected chi connectivity index (χ0v) is 15.8. The number of benzene rings is 3. The van der Waals surface area contributed by atoms with E-state index in [-0.39, 0.29) is 24.0 Å². The molecule has 2 amide bonds. The van der Waals surface area contributed by atoms with Gasteiger partial charge in [0.25, 0.3) is 5.91 Å². The first-order valence-electron chi connectivity index (χ1n) is 9.17. The van der Waals surface area contributed by atoms with Crippen molar-refractivity contribution in [3.63, 3.8) is 0 Å². The Bertz CT molecular complexity index is 1050. The molecular formula is C23H19FN2O3. The largest absolute Gasteiger partial charge is 0.495 e. The Morgan fingerprint density at radius 3 is 2.17 bits per heavy atom. The lowest BCUT2D eigenvalue weighted by molar-refractivity contribution is -0.128. The van der Waals surface area contributed by atoms with Crippen molar-refractivity contribution in [3.8, 4) is 5.75 Å². The second-order valence-electron chi connectivity index (χ2n) is 6.62. The van der Waals surface area contributed by atoms with E-state index in [1.54, 1.807) is 60.7 Å². The van der Waals surface area contributed by atoms with Gasteiger partial charge in [0.1, 0.15) is 24.2 Å². The number of hydrogen-bond donors (Lipinski definition) is 0. The molecule has 1 saturated heterocycles. The van der Waals surface area contributed by atoms with Gasteiger partial charge in [-0.15, -0.1) is 0 Å². The van der Waals surface area contributed by atoms with Crippen LogP contribution in [0, 0.1) is 5.82 Å². The Morgan fingerprint density at radius 2 is 1.48 bits per heavy atom. The van der Waals surface area contributed by atoms with E-state index in [4.69, 9.17) is 4.74 Å². The number of nitrogens with zero attached hydrogens (tertiary/aromatic N) is 2. The number of methoxy groups -OCH3 is 1. The molecule has 3 aromatic rings. The Hall–Kier alpha value is -3.67. The van der Waals surface area contributed by atoms with Crippen LogP contribution in [0.1, 0.15) is 11.6 Å². The van der Waals surface area contributed by atoms with Crippen LogP contribution in [0.15, 0.2) is 78.9 Å². The van der Waals surface area contributed by atoms with E-state index in [1.807, 2.05) is 6.07 Å². The van der Waals surface area contributed by atoms with E-state index >= 15 is 0 Å². The number of amides is 2. The SMILES string of the molecule is COc1ccccc1N1CC(=O)N(c2ccccc2F)C(c2ccccc2)C1=O. The minimum absolute atomic E-state index is 0.0828. The lowest BCUT2D eigenvalue weighted by Crippen LogP contribution is -2.56. The first-order chi connectivity index (χ1) is 14.1. The minimum Gasteiger partial charge on any atom is -0.495 e. The van der Waals surface area contributed by atoms with Crippen LogP contribution in [0.4, 0.5) is 15.8 Å². The van der Waals surface area contributed by atoms with Crippen LogP contribution in [0.25, 0.3) is 0 Å². The predicted octanol–water partition coefficient (Wildman–Crippen LogP) is 3.96. The molecule has 0 aliphatic carbocycles. The second kappa shape index (κ2) is 7.75. The Kier molecular flexibility index (Phi) is 4.99. The monoisotopic (exact) mass is 390 g/mol. The van der Waals surface area contributed by atoms with Gasteiger partial charge >= 0.3 is 0 Å². The van der Waals surface area contributed by atoms with Gasteiger partial charge in [-0.05, 0) is 29.8 Å². The van der Waals surface area contributed by atoms with Crippen molar-refractivity contribution in [1.82, 2.24) is 0 Å². The third-order valence-corrected chi connectivity index (χ3v) is 4.92. The van der Waals surface area contributed by atoms with Gasteiger partial charge in [0.05, 0.1) is 18.5 Å². The van der Waals surface area contributed by atoms with Gasteiger partial charge in [-0.25, -0.2) is 4.39 Å². The van der Waals surface area contributed by atoms with Crippen molar-refractivity contribution in [2.24, 2.45) is 0 Å². The van der Waals surface area contributed by atoms with Crippen molar-refractivity contribution >= 4 is 23.2 Å². The van der Waals surface area contributed by atoms with Crippen LogP contribution in [0.3, 0.4) is 0 Å². The molecule has 0 spiro atoms. The third kappa shape index (κ3) is 3.33. The molecule has 1 atom stereocenters. The highest BCUT2D eigenvalue weighted by molar-refractivity contribution is 6.15. The maximum atomic E-state index is 14.6. The van der Waals surface area contributed by atoms with Crippen LogP contribution in [0.5, 0.6) is 5.75 Å². The number of anilines is 2. The summed E-state index contributed by atoms with van der Waals surface area (Å²) < 4.78 is 19.9. The summed E-state index contributed by atoms with van der Waals surface area (Å²) in [7, 11) is 1.51. The van der Waals surface area contributed by atoms with Gasteiger partial charge in [0.15, 0.2) is 0 Å². The van der Waals surface area contributed by atoms with Gasteiger partial charge in [-0.1, -0.05) is 54.6 Å². The van der Waals surface area contributed by atoms with Crippen LogP contribution < -0.4 is 14.5 Å². The molecule has 1 fully saturated rings. The number of ether oxygens (including phenoxy) is 1. The predicted molar refractivity (Wildman–Crippen MR) is 108 cm³/mol. The third-order valence-electron chi connectivity index (χ3n) is 4.92. The van der Waals surface area contributed by atoms with Crippen molar-refractivity contribution in [3.05, 3.63) is 90.2 Å². The molecule has 1 heterocycles. The van der Waals surface area contributed by atoms with Crippen molar-refractivity contribution in [2.75, 3.05) is 23.5 Å². The molecule has 0 saturated carbocycles. The zero-order valence-electron chi connectivity index (χ0n) is 15.8. The summed E-state index contributed by atoms with van der Waals surface area (Å²) in [6.07, 6.45) is 0. The Labute approximate surface area is 167 Å². The van der Waals surface area contributed by atoms with E-state index in [2.05, 4.69) is 0 Å². The van der Waals surface area contributed by atoms with Crippen molar-refractivity contribution in [1.29, 1.82) is 0 Å². The number of carbonyl (C=O) groups excluding carboxylic acids is 2. The molecule has 3 aromatic carbocycles. The topological polar surface area (TPSA) is 49.9 Å². The molecule has 146 valence electrons. The first kappa shape index (κ1) is 18.7. The standard InChI is InChI=1S/C23H19FN2O3/c1-29-20-14-8-7-13-19(20)25-15-21(27)26(18-12-6-5-11-17(18)24)22(23(25)28)16-9-3-2-4-10-16/h2-14,22H,15H2,1H3. The fourth-order valence-corrected chi connectivity index (χ4v) is 3.60. The first-order valence-corrected chi connectivity index (χ1v) is 9.17. The van der Waals surface area contributed by atoms with Gasteiger partial charge in [-0.2, -0.15) is 0 Å². The number of hydrogen-bond acceptors (Lipinski definition) is 3.